The number of nitrogens with zero attached hydrogens (tertiary/aromatic N) is 1. The van der Waals surface area contributed by atoms with Crippen molar-refractivity contribution in [3.05, 3.63) is 24.0 Å². The van der Waals surface area contributed by atoms with E-state index in [0.717, 1.165) is 0 Å². The Morgan fingerprint density at radius 3 is 2.80 bits per heavy atom. The Labute approximate surface area is 89.9 Å². The van der Waals surface area contributed by atoms with Gasteiger partial charge in [0.15, 0.2) is 0 Å². The summed E-state index contributed by atoms with van der Waals surface area (Å²) in [5.41, 5.74) is -0.479. The van der Waals surface area contributed by atoms with Crippen molar-refractivity contribution in [2.75, 3.05) is 20.8 Å². The molecule has 1 aromatic rings. The van der Waals surface area contributed by atoms with Gasteiger partial charge in [-0.2, -0.15) is 0 Å². The Hall–Kier alpha value is -1.13. The summed E-state index contributed by atoms with van der Waals surface area (Å²) in [5, 5.41) is 10.2. The highest BCUT2D eigenvalue weighted by Gasteiger charge is 2.27. The van der Waals surface area contributed by atoms with Crippen LogP contribution >= 0.6 is 0 Å². The highest BCUT2D eigenvalue weighted by atomic mass is 16.5. The number of aliphatic hydroxyl groups is 1. The van der Waals surface area contributed by atoms with Gasteiger partial charge < -0.3 is 14.6 Å². The van der Waals surface area contributed by atoms with E-state index in [4.69, 9.17) is 9.47 Å². The van der Waals surface area contributed by atoms with Crippen molar-refractivity contribution in [1.82, 2.24) is 4.98 Å². The fourth-order valence-electron chi connectivity index (χ4n) is 1.38. The predicted molar refractivity (Wildman–Crippen MR) is 56.9 cm³/mol. The second-order valence-corrected chi connectivity index (χ2v) is 3.57. The molecule has 0 fully saturated rings. The summed E-state index contributed by atoms with van der Waals surface area (Å²) in [5.74, 6) is 0.596. The summed E-state index contributed by atoms with van der Waals surface area (Å²) in [7, 11) is 3.17. The Kier molecular flexibility index (Phi) is 4.05. The molecule has 0 aliphatic rings. The molecule has 15 heavy (non-hydrogen) atoms. The van der Waals surface area contributed by atoms with E-state index in [-0.39, 0.29) is 0 Å². The first-order chi connectivity index (χ1) is 7.11. The third kappa shape index (κ3) is 2.91. The predicted octanol–water partition coefficient (Wildman–Crippen LogP) is 1.33. The summed E-state index contributed by atoms with van der Waals surface area (Å²) in [4.78, 5) is 4.14. The van der Waals surface area contributed by atoms with Crippen molar-refractivity contribution >= 4 is 0 Å². The van der Waals surface area contributed by atoms with Gasteiger partial charge in [0.2, 0.25) is 0 Å². The molecule has 1 atom stereocenters. The molecule has 1 aromatic heterocycles. The lowest BCUT2D eigenvalue weighted by molar-refractivity contribution is 0.0153. The minimum atomic E-state index is -1.03. The lowest BCUT2D eigenvalue weighted by atomic mass is 9.97. The largest absolute Gasteiger partial charge is 0.495 e. The van der Waals surface area contributed by atoms with Gasteiger partial charge in [-0.1, -0.05) is 0 Å². The zero-order chi connectivity index (χ0) is 11.3. The number of pyridine rings is 1. The van der Waals surface area contributed by atoms with Crippen LogP contribution in [0, 0.1) is 0 Å². The molecule has 0 saturated carbocycles. The van der Waals surface area contributed by atoms with Crippen LogP contribution in [0.3, 0.4) is 0 Å². The third-order valence-electron chi connectivity index (χ3n) is 2.29. The van der Waals surface area contributed by atoms with E-state index in [9.17, 15) is 5.11 Å². The van der Waals surface area contributed by atoms with E-state index in [2.05, 4.69) is 4.98 Å². The fourth-order valence-corrected chi connectivity index (χ4v) is 1.38. The molecule has 1 heterocycles. The van der Waals surface area contributed by atoms with Crippen LogP contribution in [-0.2, 0) is 10.3 Å². The van der Waals surface area contributed by atoms with Gasteiger partial charge in [0.05, 0.1) is 7.11 Å². The zero-order valence-corrected chi connectivity index (χ0v) is 9.36. The molecule has 1 unspecified atom stereocenters. The molecule has 1 rings (SSSR count). The van der Waals surface area contributed by atoms with Gasteiger partial charge in [0.1, 0.15) is 17.0 Å². The van der Waals surface area contributed by atoms with E-state index in [0.29, 0.717) is 24.5 Å². The normalized spacial score (nSPS) is 14.7. The Bertz CT molecular complexity index is 312. The van der Waals surface area contributed by atoms with E-state index >= 15 is 0 Å². The summed E-state index contributed by atoms with van der Waals surface area (Å²) in [6.45, 7) is 2.18. The van der Waals surface area contributed by atoms with Gasteiger partial charge in [-0.3, -0.25) is 4.98 Å². The SMILES string of the molecule is COCCC(C)(O)c1ncccc1OC. The van der Waals surface area contributed by atoms with Gasteiger partial charge >= 0.3 is 0 Å². The van der Waals surface area contributed by atoms with Gasteiger partial charge in [-0.15, -0.1) is 0 Å². The van der Waals surface area contributed by atoms with Crippen LogP contribution < -0.4 is 4.74 Å². The standard InChI is InChI=1S/C11H17NO3/c1-11(13,6-8-14-2)10-9(15-3)5-4-7-12-10/h4-5,7,13H,6,8H2,1-3H3. The van der Waals surface area contributed by atoms with Crippen LogP contribution in [0.5, 0.6) is 5.75 Å². The first kappa shape index (κ1) is 11.9. The van der Waals surface area contributed by atoms with Gasteiger partial charge in [-0.05, 0) is 19.1 Å². The molecule has 0 bridgehead atoms. The average molecular weight is 211 g/mol. The summed E-state index contributed by atoms with van der Waals surface area (Å²) in [6.07, 6.45) is 2.12. The molecular formula is C11H17NO3. The molecule has 4 heteroatoms. The maximum Gasteiger partial charge on any atom is 0.143 e. The third-order valence-corrected chi connectivity index (χ3v) is 2.29. The number of hydrogen-bond acceptors (Lipinski definition) is 4. The number of methoxy groups -OCH3 is 2. The fraction of sp³-hybridized carbons (Fsp3) is 0.545. The molecule has 1 N–H and O–H groups in total. The number of rotatable bonds is 5. The quantitative estimate of drug-likeness (QED) is 0.798. The molecule has 0 amide bonds. The summed E-state index contributed by atoms with van der Waals surface area (Å²) in [6, 6.07) is 3.55. The average Bonchev–Trinajstić information content (AvgIpc) is 2.26. The van der Waals surface area contributed by atoms with Crippen LogP contribution in [0.15, 0.2) is 18.3 Å². The second kappa shape index (κ2) is 5.09. The molecule has 0 spiro atoms. The minimum Gasteiger partial charge on any atom is -0.495 e. The number of aromatic nitrogens is 1. The Morgan fingerprint density at radius 2 is 2.20 bits per heavy atom. The minimum absolute atomic E-state index is 0.479. The van der Waals surface area contributed by atoms with Gasteiger partial charge in [0.25, 0.3) is 0 Å². The summed E-state index contributed by atoms with van der Waals surface area (Å²) >= 11 is 0. The molecule has 0 radical (unpaired) electrons. The smallest absolute Gasteiger partial charge is 0.143 e. The van der Waals surface area contributed by atoms with Gasteiger partial charge in [0, 0.05) is 26.3 Å². The van der Waals surface area contributed by atoms with Crippen LogP contribution in [0.25, 0.3) is 0 Å². The Morgan fingerprint density at radius 1 is 1.47 bits per heavy atom. The van der Waals surface area contributed by atoms with Crippen molar-refractivity contribution in [2.24, 2.45) is 0 Å². The molecular weight excluding hydrogens is 194 g/mol. The lowest BCUT2D eigenvalue weighted by Gasteiger charge is -2.23. The monoisotopic (exact) mass is 211 g/mol. The van der Waals surface area contributed by atoms with E-state index in [1.165, 1.54) is 0 Å². The van der Waals surface area contributed by atoms with Crippen LogP contribution in [0.4, 0.5) is 0 Å². The number of ether oxygens (including phenoxy) is 2. The van der Waals surface area contributed by atoms with Crippen LogP contribution in [0.1, 0.15) is 19.0 Å². The van der Waals surface area contributed by atoms with E-state index < -0.39 is 5.60 Å². The maximum atomic E-state index is 10.2. The molecule has 0 aliphatic carbocycles. The Balaban J connectivity index is 2.92. The lowest BCUT2D eigenvalue weighted by Crippen LogP contribution is -2.25. The number of hydrogen-bond donors (Lipinski definition) is 1. The highest BCUT2D eigenvalue weighted by Crippen LogP contribution is 2.29. The highest BCUT2D eigenvalue weighted by molar-refractivity contribution is 5.31. The second-order valence-electron chi connectivity index (χ2n) is 3.57. The van der Waals surface area contributed by atoms with Crippen molar-refractivity contribution in [3.63, 3.8) is 0 Å². The van der Waals surface area contributed by atoms with Crippen molar-refractivity contribution in [3.8, 4) is 5.75 Å². The van der Waals surface area contributed by atoms with Gasteiger partial charge in [-0.25, -0.2) is 0 Å². The van der Waals surface area contributed by atoms with Crippen LogP contribution in [-0.4, -0.2) is 30.9 Å². The van der Waals surface area contributed by atoms with E-state index in [1.54, 1.807) is 39.5 Å². The molecule has 0 saturated heterocycles. The van der Waals surface area contributed by atoms with Crippen LogP contribution in [0.2, 0.25) is 0 Å². The molecule has 0 aromatic carbocycles. The first-order valence-electron chi connectivity index (χ1n) is 4.82. The topological polar surface area (TPSA) is 51.6 Å². The zero-order valence-electron chi connectivity index (χ0n) is 9.36. The molecule has 84 valence electrons. The van der Waals surface area contributed by atoms with Crippen molar-refractivity contribution in [1.29, 1.82) is 0 Å². The van der Waals surface area contributed by atoms with Crippen molar-refractivity contribution < 1.29 is 14.6 Å². The maximum absolute atomic E-state index is 10.2. The summed E-state index contributed by atoms with van der Waals surface area (Å²) < 4.78 is 10.1. The van der Waals surface area contributed by atoms with Crippen molar-refractivity contribution in [2.45, 2.75) is 18.9 Å². The molecule has 0 aliphatic heterocycles. The van der Waals surface area contributed by atoms with E-state index in [1.807, 2.05) is 0 Å². The molecule has 4 nitrogen and oxygen atoms in total. The first-order valence-corrected chi connectivity index (χ1v) is 4.82.